The van der Waals surface area contributed by atoms with Crippen LogP contribution in [0.2, 0.25) is 0 Å². The number of nitrogens with one attached hydrogen (secondary N) is 1. The molecule has 1 saturated heterocycles. The van der Waals surface area contributed by atoms with Gasteiger partial charge in [-0.25, -0.2) is 8.42 Å². The number of likely N-dealkylation sites (N-methyl/N-ethyl adjacent to an activating group) is 1. The Morgan fingerprint density at radius 1 is 1.13 bits per heavy atom. The number of rotatable bonds is 4. The van der Waals surface area contributed by atoms with Gasteiger partial charge in [0.2, 0.25) is 0 Å². The van der Waals surface area contributed by atoms with Gasteiger partial charge in [-0.2, -0.15) is 0 Å². The van der Waals surface area contributed by atoms with E-state index >= 15 is 0 Å². The van der Waals surface area contributed by atoms with Gasteiger partial charge in [0.05, 0.1) is 5.69 Å². The Hall–Kier alpha value is -1.57. The molecule has 1 N–H and O–H groups in total. The van der Waals surface area contributed by atoms with Crippen LogP contribution in [0, 0.1) is 6.92 Å². The Morgan fingerprint density at radius 3 is 2.48 bits per heavy atom. The van der Waals surface area contributed by atoms with Gasteiger partial charge in [0.25, 0.3) is 10.0 Å². The summed E-state index contributed by atoms with van der Waals surface area (Å²) in [5.74, 6) is 0. The number of aryl methyl sites for hydroxylation is 1. The van der Waals surface area contributed by atoms with Crippen molar-refractivity contribution in [3.05, 3.63) is 41.3 Å². The van der Waals surface area contributed by atoms with Crippen LogP contribution in [0.1, 0.15) is 5.56 Å². The van der Waals surface area contributed by atoms with Gasteiger partial charge in [-0.3, -0.25) is 4.72 Å². The summed E-state index contributed by atoms with van der Waals surface area (Å²) in [6, 6.07) is 9.25. The average Bonchev–Trinajstić information content (AvgIpc) is 3.05. The monoisotopic (exact) mass is 351 g/mol. The van der Waals surface area contributed by atoms with E-state index in [1.807, 2.05) is 19.1 Å². The first kappa shape index (κ1) is 16.3. The minimum atomic E-state index is -3.49. The first-order valence-corrected chi connectivity index (χ1v) is 9.92. The third kappa shape index (κ3) is 3.68. The van der Waals surface area contributed by atoms with E-state index in [1.54, 1.807) is 17.5 Å². The molecule has 7 heteroatoms. The van der Waals surface area contributed by atoms with Crippen molar-refractivity contribution in [2.45, 2.75) is 11.1 Å². The molecule has 0 atom stereocenters. The van der Waals surface area contributed by atoms with Gasteiger partial charge in [0, 0.05) is 31.9 Å². The number of thiophene rings is 1. The zero-order valence-electron chi connectivity index (χ0n) is 13.3. The molecule has 1 aromatic carbocycles. The second-order valence-electron chi connectivity index (χ2n) is 5.83. The van der Waals surface area contributed by atoms with Crippen molar-refractivity contribution in [3.63, 3.8) is 0 Å². The summed E-state index contributed by atoms with van der Waals surface area (Å²) < 4.78 is 27.7. The molecule has 23 heavy (non-hydrogen) atoms. The highest BCUT2D eigenvalue weighted by molar-refractivity contribution is 7.94. The molecule has 1 aliphatic heterocycles. The van der Waals surface area contributed by atoms with Crippen molar-refractivity contribution in [1.29, 1.82) is 0 Å². The molecule has 5 nitrogen and oxygen atoms in total. The summed E-state index contributed by atoms with van der Waals surface area (Å²) in [5, 5.41) is 1.76. The first-order chi connectivity index (χ1) is 11.0. The topological polar surface area (TPSA) is 52.6 Å². The maximum absolute atomic E-state index is 12.3. The molecule has 1 aromatic heterocycles. The highest BCUT2D eigenvalue weighted by atomic mass is 32.2. The lowest BCUT2D eigenvalue weighted by Gasteiger charge is -2.34. The molecule has 2 heterocycles. The quantitative estimate of drug-likeness (QED) is 0.920. The third-order valence-corrected chi connectivity index (χ3v) is 6.85. The van der Waals surface area contributed by atoms with Gasteiger partial charge in [0.1, 0.15) is 4.21 Å². The number of anilines is 2. The molecule has 0 radical (unpaired) electrons. The Morgan fingerprint density at radius 2 is 1.87 bits per heavy atom. The molecule has 0 unspecified atom stereocenters. The molecule has 1 aliphatic rings. The maximum Gasteiger partial charge on any atom is 0.271 e. The number of nitrogens with zero attached hydrogens (tertiary/aromatic N) is 2. The van der Waals surface area contributed by atoms with E-state index in [0.717, 1.165) is 37.4 Å². The zero-order chi connectivity index (χ0) is 16.4. The molecule has 124 valence electrons. The van der Waals surface area contributed by atoms with E-state index in [9.17, 15) is 8.42 Å². The highest BCUT2D eigenvalue weighted by Gasteiger charge is 2.18. The van der Waals surface area contributed by atoms with Crippen molar-refractivity contribution >= 4 is 32.7 Å². The molecule has 1 fully saturated rings. The second kappa shape index (κ2) is 6.51. The van der Waals surface area contributed by atoms with E-state index in [1.165, 1.54) is 11.3 Å². The van der Waals surface area contributed by atoms with Gasteiger partial charge >= 0.3 is 0 Å². The molecule has 0 aliphatic carbocycles. The lowest BCUT2D eigenvalue weighted by molar-refractivity contribution is 0.313. The van der Waals surface area contributed by atoms with Gasteiger partial charge in [0.15, 0.2) is 0 Å². The van der Waals surface area contributed by atoms with Crippen LogP contribution < -0.4 is 9.62 Å². The van der Waals surface area contributed by atoms with E-state index in [0.29, 0.717) is 9.90 Å². The Kier molecular flexibility index (Phi) is 4.61. The van der Waals surface area contributed by atoms with Crippen molar-refractivity contribution in [2.75, 3.05) is 42.8 Å². The van der Waals surface area contributed by atoms with Gasteiger partial charge in [-0.15, -0.1) is 11.3 Å². The molecule has 2 aromatic rings. The minimum Gasteiger partial charge on any atom is -0.369 e. The van der Waals surface area contributed by atoms with E-state index < -0.39 is 10.0 Å². The predicted molar refractivity (Wildman–Crippen MR) is 96.0 cm³/mol. The number of hydrogen-bond acceptors (Lipinski definition) is 5. The van der Waals surface area contributed by atoms with Gasteiger partial charge in [-0.05, 0) is 49.2 Å². The fourth-order valence-corrected chi connectivity index (χ4v) is 4.76. The van der Waals surface area contributed by atoms with Crippen LogP contribution in [0.5, 0.6) is 0 Å². The van der Waals surface area contributed by atoms with Crippen molar-refractivity contribution in [1.82, 2.24) is 4.90 Å². The van der Waals surface area contributed by atoms with Crippen LogP contribution in [-0.4, -0.2) is 46.5 Å². The normalized spacial score (nSPS) is 16.5. The molecule has 0 bridgehead atoms. The Bertz CT molecular complexity index is 765. The van der Waals surface area contributed by atoms with E-state index in [-0.39, 0.29) is 0 Å². The summed E-state index contributed by atoms with van der Waals surface area (Å²) in [6.45, 7) is 6.02. The highest BCUT2D eigenvalue weighted by Crippen LogP contribution is 2.26. The fraction of sp³-hybridized carbons (Fsp3) is 0.375. The van der Waals surface area contributed by atoms with Crippen LogP contribution in [0.4, 0.5) is 11.4 Å². The minimum absolute atomic E-state index is 0.333. The number of piperazine rings is 1. The van der Waals surface area contributed by atoms with Crippen LogP contribution in [-0.2, 0) is 10.0 Å². The first-order valence-electron chi connectivity index (χ1n) is 7.56. The average molecular weight is 351 g/mol. The number of benzene rings is 1. The summed E-state index contributed by atoms with van der Waals surface area (Å²) in [6.07, 6.45) is 0. The predicted octanol–water partition coefficient (Wildman–Crippen LogP) is 2.61. The number of hydrogen-bond donors (Lipinski definition) is 1. The largest absolute Gasteiger partial charge is 0.369 e. The van der Waals surface area contributed by atoms with Crippen LogP contribution in [0.3, 0.4) is 0 Å². The fourth-order valence-electron chi connectivity index (χ4n) is 2.64. The van der Waals surface area contributed by atoms with E-state index in [2.05, 4.69) is 27.6 Å². The van der Waals surface area contributed by atoms with Crippen LogP contribution in [0.15, 0.2) is 39.9 Å². The van der Waals surface area contributed by atoms with E-state index in [4.69, 9.17) is 0 Å². The lowest BCUT2D eigenvalue weighted by Crippen LogP contribution is -2.44. The molecular formula is C16H21N3O2S2. The van der Waals surface area contributed by atoms with Crippen molar-refractivity contribution in [2.24, 2.45) is 0 Å². The van der Waals surface area contributed by atoms with Crippen LogP contribution >= 0.6 is 11.3 Å². The Balaban J connectivity index is 1.77. The lowest BCUT2D eigenvalue weighted by atomic mass is 10.1. The SMILES string of the molecule is Cc1cc(N2CCN(C)CC2)ccc1NS(=O)(=O)c1cccs1. The smallest absolute Gasteiger partial charge is 0.271 e. The summed E-state index contributed by atoms with van der Waals surface area (Å²) >= 11 is 1.22. The second-order valence-corrected chi connectivity index (χ2v) is 8.68. The van der Waals surface area contributed by atoms with Gasteiger partial charge < -0.3 is 9.80 Å². The maximum atomic E-state index is 12.3. The van der Waals surface area contributed by atoms with Crippen LogP contribution in [0.25, 0.3) is 0 Å². The molecule has 0 amide bonds. The number of sulfonamides is 1. The standard InChI is InChI=1S/C16H21N3O2S2/c1-13-12-14(19-9-7-18(2)8-10-19)5-6-15(13)17-23(20,21)16-4-3-11-22-16/h3-6,11-12,17H,7-10H2,1-2H3. The zero-order valence-corrected chi connectivity index (χ0v) is 15.0. The Labute approximate surface area is 141 Å². The molecular weight excluding hydrogens is 330 g/mol. The summed E-state index contributed by atoms with van der Waals surface area (Å²) in [4.78, 5) is 4.65. The third-order valence-electron chi connectivity index (χ3n) is 4.08. The molecule has 3 rings (SSSR count). The molecule has 0 saturated carbocycles. The van der Waals surface area contributed by atoms with Crippen molar-refractivity contribution in [3.8, 4) is 0 Å². The molecule has 0 spiro atoms. The summed E-state index contributed by atoms with van der Waals surface area (Å²) in [7, 11) is -1.36. The van der Waals surface area contributed by atoms with Gasteiger partial charge in [-0.1, -0.05) is 6.07 Å². The summed E-state index contributed by atoms with van der Waals surface area (Å²) in [5.41, 5.74) is 2.72. The van der Waals surface area contributed by atoms with Crippen molar-refractivity contribution < 1.29 is 8.42 Å².